The highest BCUT2D eigenvalue weighted by molar-refractivity contribution is 14.1. The molecule has 18 heavy (non-hydrogen) atoms. The Bertz CT molecular complexity index is 503. The van der Waals surface area contributed by atoms with Crippen molar-refractivity contribution in [2.45, 2.75) is 38.2 Å². The maximum atomic E-state index is 11.7. The number of aromatic hydroxyl groups is 1. The molecule has 0 spiro atoms. The van der Waals surface area contributed by atoms with Gasteiger partial charge in [-0.1, -0.05) is 13.3 Å². The Morgan fingerprint density at radius 1 is 1.61 bits per heavy atom. The Kier molecular flexibility index (Phi) is 3.96. The van der Waals surface area contributed by atoms with Crippen molar-refractivity contribution in [3.8, 4) is 5.88 Å². The van der Waals surface area contributed by atoms with E-state index < -0.39 is 5.60 Å². The molecule has 5 nitrogen and oxygen atoms in total. The molecule has 1 aliphatic rings. The predicted octanol–water partition coefficient (Wildman–Crippen LogP) is 2.13. The minimum atomic E-state index is -0.571. The zero-order valence-corrected chi connectivity index (χ0v) is 12.7. The van der Waals surface area contributed by atoms with Crippen molar-refractivity contribution < 1.29 is 9.84 Å². The van der Waals surface area contributed by atoms with Crippen LogP contribution in [0.2, 0.25) is 0 Å². The van der Waals surface area contributed by atoms with Crippen LogP contribution >= 0.6 is 22.6 Å². The molecule has 0 aliphatic heterocycles. The van der Waals surface area contributed by atoms with Gasteiger partial charge < -0.3 is 14.8 Å². The topological polar surface area (TPSA) is 75.2 Å². The Morgan fingerprint density at radius 2 is 2.33 bits per heavy atom. The molecule has 6 heteroatoms. The third-order valence-electron chi connectivity index (χ3n) is 3.62. The highest BCUT2D eigenvalue weighted by atomic mass is 127. The van der Waals surface area contributed by atoms with E-state index in [9.17, 15) is 9.90 Å². The molecule has 1 heterocycles. The molecule has 0 saturated heterocycles. The van der Waals surface area contributed by atoms with Crippen molar-refractivity contribution in [1.82, 2.24) is 9.97 Å². The summed E-state index contributed by atoms with van der Waals surface area (Å²) in [5, 5.41) is 9.69. The number of ether oxygens (including phenoxy) is 1. The van der Waals surface area contributed by atoms with Crippen molar-refractivity contribution >= 4 is 22.6 Å². The maximum Gasteiger partial charge on any atom is 0.268 e. The number of nitrogens with one attached hydrogen (secondary N) is 1. The number of hydrogen-bond donors (Lipinski definition) is 2. The molecule has 2 atom stereocenters. The lowest BCUT2D eigenvalue weighted by atomic mass is 9.78. The Hall–Kier alpha value is -0.630. The first-order chi connectivity index (χ1) is 8.48. The normalized spacial score (nSPS) is 28.3. The maximum absolute atomic E-state index is 11.7. The number of rotatable bonds is 2. The summed E-state index contributed by atoms with van der Waals surface area (Å²) in [7, 11) is 1.63. The van der Waals surface area contributed by atoms with E-state index in [2.05, 4.69) is 16.9 Å². The van der Waals surface area contributed by atoms with Crippen LogP contribution in [-0.4, -0.2) is 22.2 Å². The van der Waals surface area contributed by atoms with Gasteiger partial charge >= 0.3 is 0 Å². The van der Waals surface area contributed by atoms with Crippen molar-refractivity contribution in [3.63, 3.8) is 0 Å². The number of methoxy groups -OCH3 is 1. The third kappa shape index (κ3) is 2.40. The van der Waals surface area contributed by atoms with Crippen LogP contribution in [0.3, 0.4) is 0 Å². The largest absolute Gasteiger partial charge is 0.492 e. The molecular formula is C12H17IN2O3. The number of aromatic amines is 1. The molecule has 1 aromatic heterocycles. The molecule has 0 aromatic carbocycles. The van der Waals surface area contributed by atoms with E-state index in [1.807, 2.05) is 0 Å². The molecule has 100 valence electrons. The minimum Gasteiger partial charge on any atom is -0.492 e. The quantitative estimate of drug-likeness (QED) is 0.789. The number of nitrogens with zero attached hydrogens (tertiary/aromatic N) is 1. The van der Waals surface area contributed by atoms with E-state index in [1.54, 1.807) is 29.7 Å². The van der Waals surface area contributed by atoms with Crippen LogP contribution in [0.25, 0.3) is 0 Å². The van der Waals surface area contributed by atoms with Gasteiger partial charge in [-0.3, -0.25) is 4.79 Å². The molecular weight excluding hydrogens is 347 g/mol. The van der Waals surface area contributed by atoms with E-state index in [0.29, 0.717) is 11.7 Å². The van der Waals surface area contributed by atoms with Crippen LogP contribution in [0.4, 0.5) is 0 Å². The summed E-state index contributed by atoms with van der Waals surface area (Å²) >= 11 is 1.78. The minimum absolute atomic E-state index is 0.214. The lowest BCUT2D eigenvalue weighted by molar-refractivity contribution is -0.0651. The fourth-order valence-corrected chi connectivity index (χ4v) is 2.92. The standard InChI is InChI=1S/C12H17IN2O3/c1-7-4-3-5-12(6-7,18-2)11-14-9(16)8(13)10(17)15-11/h7H,3-6H2,1-2H3,(H2,14,15,16,17). The van der Waals surface area contributed by atoms with Crippen molar-refractivity contribution in [1.29, 1.82) is 0 Å². The summed E-state index contributed by atoms with van der Waals surface area (Å²) in [6.45, 7) is 2.16. The summed E-state index contributed by atoms with van der Waals surface area (Å²) < 4.78 is 5.85. The van der Waals surface area contributed by atoms with E-state index in [4.69, 9.17) is 4.74 Å². The van der Waals surface area contributed by atoms with Crippen LogP contribution in [0.1, 0.15) is 38.4 Å². The first-order valence-corrected chi connectivity index (χ1v) is 7.11. The van der Waals surface area contributed by atoms with E-state index >= 15 is 0 Å². The molecule has 0 bridgehead atoms. The van der Waals surface area contributed by atoms with Crippen LogP contribution in [-0.2, 0) is 10.3 Å². The van der Waals surface area contributed by atoms with Gasteiger partial charge in [-0.2, -0.15) is 4.98 Å². The fraction of sp³-hybridized carbons (Fsp3) is 0.667. The smallest absolute Gasteiger partial charge is 0.268 e. The molecule has 2 unspecified atom stereocenters. The van der Waals surface area contributed by atoms with E-state index in [0.717, 1.165) is 25.7 Å². The fourth-order valence-electron chi connectivity index (χ4n) is 2.66. The second kappa shape index (κ2) is 5.16. The average molecular weight is 364 g/mol. The monoisotopic (exact) mass is 364 g/mol. The number of hydrogen-bond acceptors (Lipinski definition) is 4. The zero-order valence-electron chi connectivity index (χ0n) is 10.5. The molecule has 1 fully saturated rings. The van der Waals surface area contributed by atoms with Gasteiger partial charge in [0.15, 0.2) is 0 Å². The van der Waals surface area contributed by atoms with E-state index in [-0.39, 0.29) is 15.0 Å². The summed E-state index contributed by atoms with van der Waals surface area (Å²) in [6, 6.07) is 0. The van der Waals surface area contributed by atoms with Gasteiger partial charge in [0.1, 0.15) is 15.0 Å². The number of H-pyrrole nitrogens is 1. The second-order valence-corrected chi connectivity index (χ2v) is 6.03. The third-order valence-corrected chi connectivity index (χ3v) is 4.60. The second-order valence-electron chi connectivity index (χ2n) is 4.95. The Balaban J connectivity index is 2.47. The van der Waals surface area contributed by atoms with Gasteiger partial charge in [0, 0.05) is 7.11 Å². The van der Waals surface area contributed by atoms with Crippen LogP contribution in [0, 0.1) is 9.49 Å². The summed E-state index contributed by atoms with van der Waals surface area (Å²) in [6.07, 6.45) is 3.82. The lowest BCUT2D eigenvalue weighted by Crippen LogP contribution is -2.37. The lowest BCUT2D eigenvalue weighted by Gasteiger charge is -2.37. The van der Waals surface area contributed by atoms with Gasteiger partial charge in [-0.05, 0) is 47.8 Å². The van der Waals surface area contributed by atoms with Gasteiger partial charge in [0.25, 0.3) is 5.56 Å². The van der Waals surface area contributed by atoms with Crippen LogP contribution < -0.4 is 5.56 Å². The van der Waals surface area contributed by atoms with Crippen molar-refractivity contribution in [3.05, 3.63) is 19.7 Å². The summed E-state index contributed by atoms with van der Waals surface area (Å²) in [5.41, 5.74) is -0.883. The summed E-state index contributed by atoms with van der Waals surface area (Å²) in [5.74, 6) is 0.744. The molecule has 0 radical (unpaired) electrons. The number of aromatic nitrogens is 2. The van der Waals surface area contributed by atoms with Crippen molar-refractivity contribution in [2.75, 3.05) is 7.11 Å². The molecule has 1 saturated carbocycles. The highest BCUT2D eigenvalue weighted by Gasteiger charge is 2.39. The van der Waals surface area contributed by atoms with Gasteiger partial charge in [0.05, 0.1) is 0 Å². The summed E-state index contributed by atoms with van der Waals surface area (Å²) in [4.78, 5) is 18.6. The number of halogens is 1. The molecule has 1 aliphatic carbocycles. The van der Waals surface area contributed by atoms with Gasteiger partial charge in [-0.25, -0.2) is 0 Å². The van der Waals surface area contributed by atoms with Crippen LogP contribution in [0.15, 0.2) is 4.79 Å². The highest BCUT2D eigenvalue weighted by Crippen LogP contribution is 2.41. The first-order valence-electron chi connectivity index (χ1n) is 6.03. The van der Waals surface area contributed by atoms with E-state index in [1.165, 1.54) is 0 Å². The Labute approximate surface area is 119 Å². The SMILES string of the molecule is COC1(c2nc(O)c(I)c(=O)[nH]2)CCCC(C)C1. The van der Waals surface area contributed by atoms with Gasteiger partial charge in [-0.15, -0.1) is 0 Å². The first kappa shape index (κ1) is 13.8. The zero-order chi connectivity index (χ0) is 13.3. The molecule has 0 amide bonds. The molecule has 2 N–H and O–H groups in total. The predicted molar refractivity (Wildman–Crippen MR) is 75.6 cm³/mol. The van der Waals surface area contributed by atoms with Gasteiger partial charge in [0.2, 0.25) is 5.88 Å². The van der Waals surface area contributed by atoms with Crippen LogP contribution in [0.5, 0.6) is 5.88 Å². The average Bonchev–Trinajstić information content (AvgIpc) is 2.35. The molecule has 1 aromatic rings. The van der Waals surface area contributed by atoms with Crippen molar-refractivity contribution in [2.24, 2.45) is 5.92 Å². The molecule has 2 rings (SSSR count). The Morgan fingerprint density at radius 3 is 2.89 bits per heavy atom.